The summed E-state index contributed by atoms with van der Waals surface area (Å²) in [5.41, 5.74) is 0.371. The van der Waals surface area contributed by atoms with Crippen molar-refractivity contribution < 1.29 is 27.8 Å². The minimum Gasteiger partial charge on any atom is -0.406 e. The van der Waals surface area contributed by atoms with Crippen molar-refractivity contribution in [3.05, 3.63) is 64.7 Å². The van der Waals surface area contributed by atoms with Crippen molar-refractivity contribution >= 4 is 17.5 Å². The van der Waals surface area contributed by atoms with Gasteiger partial charge in [0.15, 0.2) is 0 Å². The zero-order chi connectivity index (χ0) is 21.1. The molecule has 1 fully saturated rings. The Kier molecular flexibility index (Phi) is 6.39. The van der Waals surface area contributed by atoms with E-state index in [4.69, 9.17) is 11.6 Å². The molecule has 1 heterocycles. The Morgan fingerprint density at radius 3 is 2.31 bits per heavy atom. The molecule has 1 saturated heterocycles. The smallest absolute Gasteiger partial charge is 0.406 e. The lowest BCUT2D eigenvalue weighted by molar-refractivity contribution is -0.274. The highest BCUT2D eigenvalue weighted by atomic mass is 35.5. The Morgan fingerprint density at radius 2 is 1.72 bits per heavy atom. The highest BCUT2D eigenvalue weighted by Crippen LogP contribution is 2.36. The number of piperidine rings is 1. The molecule has 0 saturated carbocycles. The molecule has 0 aromatic heterocycles. The number of benzene rings is 2. The predicted molar refractivity (Wildman–Crippen MR) is 103 cm³/mol. The predicted octanol–water partition coefficient (Wildman–Crippen LogP) is 4.68. The molecule has 29 heavy (non-hydrogen) atoms. The van der Waals surface area contributed by atoms with Crippen LogP contribution in [-0.2, 0) is 16.8 Å². The second kappa shape index (κ2) is 8.63. The van der Waals surface area contributed by atoms with Gasteiger partial charge in [-0.15, -0.1) is 13.2 Å². The Hall–Kier alpha value is -2.25. The van der Waals surface area contributed by atoms with Crippen LogP contribution in [0.1, 0.15) is 30.4 Å². The molecule has 0 aliphatic carbocycles. The summed E-state index contributed by atoms with van der Waals surface area (Å²) >= 11 is 6.20. The number of rotatable bonds is 5. The molecule has 4 nitrogen and oxygen atoms in total. The summed E-state index contributed by atoms with van der Waals surface area (Å²) in [6.45, 7) is 0.831. The summed E-state index contributed by atoms with van der Waals surface area (Å²) in [4.78, 5) is 14.2. The van der Waals surface area contributed by atoms with Gasteiger partial charge in [-0.25, -0.2) is 0 Å². The number of hydrogen-bond donors (Lipinski definition) is 1. The van der Waals surface area contributed by atoms with Gasteiger partial charge in [0.2, 0.25) is 5.91 Å². The van der Waals surface area contributed by atoms with E-state index in [0.717, 1.165) is 5.56 Å². The number of carbonyl (C=O) groups is 1. The molecule has 0 atom stereocenters. The molecule has 156 valence electrons. The van der Waals surface area contributed by atoms with Crippen molar-refractivity contribution in [2.45, 2.75) is 37.6 Å². The van der Waals surface area contributed by atoms with Gasteiger partial charge in [-0.3, -0.25) is 4.79 Å². The summed E-state index contributed by atoms with van der Waals surface area (Å²) in [7, 11) is 0. The first-order valence-corrected chi connectivity index (χ1v) is 9.64. The Bertz CT molecular complexity index is 847. The van der Waals surface area contributed by atoms with E-state index in [2.05, 4.69) is 4.74 Å². The third-order valence-corrected chi connectivity index (χ3v) is 5.43. The minimum atomic E-state index is -4.72. The third kappa shape index (κ3) is 5.64. The first kappa shape index (κ1) is 21.5. The topological polar surface area (TPSA) is 49.8 Å². The quantitative estimate of drug-likeness (QED) is 0.753. The van der Waals surface area contributed by atoms with Crippen LogP contribution in [0.4, 0.5) is 13.2 Å². The number of amides is 1. The summed E-state index contributed by atoms with van der Waals surface area (Å²) in [6.07, 6.45) is -3.28. The van der Waals surface area contributed by atoms with Gasteiger partial charge in [-0.1, -0.05) is 41.9 Å². The van der Waals surface area contributed by atoms with Crippen LogP contribution in [0, 0.1) is 0 Å². The van der Waals surface area contributed by atoms with Crippen LogP contribution in [-0.4, -0.2) is 35.4 Å². The second-order valence-electron chi connectivity index (χ2n) is 7.08. The molecular weight excluding hydrogens is 407 g/mol. The maximum absolute atomic E-state index is 12.5. The molecule has 2 aromatic carbocycles. The number of hydrogen-bond acceptors (Lipinski definition) is 3. The van der Waals surface area contributed by atoms with Gasteiger partial charge in [0, 0.05) is 30.1 Å². The van der Waals surface area contributed by atoms with Gasteiger partial charge in [-0.05, 0) is 43.0 Å². The lowest BCUT2D eigenvalue weighted by Crippen LogP contribution is -2.45. The number of ether oxygens (including phenoxy) is 1. The van der Waals surface area contributed by atoms with Gasteiger partial charge in [0.25, 0.3) is 0 Å². The molecule has 2 aromatic rings. The molecule has 0 radical (unpaired) electrons. The molecule has 3 rings (SSSR count). The van der Waals surface area contributed by atoms with E-state index >= 15 is 0 Å². The molecule has 1 amide bonds. The van der Waals surface area contributed by atoms with Crippen LogP contribution in [0.3, 0.4) is 0 Å². The lowest BCUT2D eigenvalue weighted by atomic mass is 9.84. The second-order valence-corrected chi connectivity index (χ2v) is 7.49. The first-order valence-electron chi connectivity index (χ1n) is 9.26. The minimum absolute atomic E-state index is 0.0539. The fourth-order valence-electron chi connectivity index (χ4n) is 3.50. The van der Waals surface area contributed by atoms with E-state index in [9.17, 15) is 23.1 Å². The highest BCUT2D eigenvalue weighted by molar-refractivity contribution is 6.31. The summed E-state index contributed by atoms with van der Waals surface area (Å²) < 4.78 is 40.4. The fourth-order valence-corrected chi connectivity index (χ4v) is 3.81. The van der Waals surface area contributed by atoms with E-state index in [1.54, 1.807) is 23.1 Å². The van der Waals surface area contributed by atoms with Crippen molar-refractivity contribution in [3.63, 3.8) is 0 Å². The normalized spacial score (nSPS) is 16.5. The van der Waals surface area contributed by atoms with Crippen LogP contribution >= 0.6 is 11.6 Å². The number of halogens is 4. The third-order valence-electron chi connectivity index (χ3n) is 5.10. The molecule has 0 spiro atoms. The van der Waals surface area contributed by atoms with Crippen molar-refractivity contribution in [1.29, 1.82) is 0 Å². The summed E-state index contributed by atoms with van der Waals surface area (Å²) in [6, 6.07) is 12.7. The Labute approximate surface area is 171 Å². The molecule has 0 bridgehead atoms. The monoisotopic (exact) mass is 427 g/mol. The number of carbonyl (C=O) groups excluding carboxylic acids is 1. The number of aryl methyl sites for hydroxylation is 1. The van der Waals surface area contributed by atoms with Gasteiger partial charge in [0.05, 0.1) is 5.60 Å². The standard InChI is InChI=1S/C21H21ClF3NO3/c22-18-4-2-1-3-17(18)20(28)11-13-26(14-12-20)19(27)10-7-15-5-8-16(9-6-15)29-21(23,24)25/h1-6,8-9,28H,7,10-14H2. The van der Waals surface area contributed by atoms with Crippen molar-refractivity contribution in [2.75, 3.05) is 13.1 Å². The molecule has 0 unspecified atom stereocenters. The molecule has 1 aliphatic rings. The van der Waals surface area contributed by atoms with Crippen molar-refractivity contribution in [3.8, 4) is 5.75 Å². The van der Waals surface area contributed by atoms with Crippen LogP contribution in [0.15, 0.2) is 48.5 Å². The maximum atomic E-state index is 12.5. The van der Waals surface area contributed by atoms with Crippen molar-refractivity contribution in [1.82, 2.24) is 4.90 Å². The Balaban J connectivity index is 1.51. The number of likely N-dealkylation sites (tertiary alicyclic amines) is 1. The van der Waals surface area contributed by atoms with Gasteiger partial charge < -0.3 is 14.7 Å². The van der Waals surface area contributed by atoms with E-state index in [0.29, 0.717) is 42.9 Å². The molecular formula is C21H21ClF3NO3. The van der Waals surface area contributed by atoms with E-state index in [1.807, 2.05) is 6.07 Å². The molecule has 8 heteroatoms. The molecule has 1 aliphatic heterocycles. The Morgan fingerprint density at radius 1 is 1.10 bits per heavy atom. The van der Waals surface area contributed by atoms with Gasteiger partial charge in [0.1, 0.15) is 5.75 Å². The lowest BCUT2D eigenvalue weighted by Gasteiger charge is -2.39. The van der Waals surface area contributed by atoms with Crippen LogP contribution < -0.4 is 4.74 Å². The number of alkyl halides is 3. The van der Waals surface area contributed by atoms with Gasteiger partial charge in [-0.2, -0.15) is 0 Å². The van der Waals surface area contributed by atoms with Crippen LogP contribution in [0.2, 0.25) is 5.02 Å². The average molecular weight is 428 g/mol. The van der Waals surface area contributed by atoms with E-state index in [1.165, 1.54) is 24.3 Å². The van der Waals surface area contributed by atoms with Crippen molar-refractivity contribution in [2.24, 2.45) is 0 Å². The zero-order valence-electron chi connectivity index (χ0n) is 15.6. The highest BCUT2D eigenvalue weighted by Gasteiger charge is 2.36. The fraction of sp³-hybridized carbons (Fsp3) is 0.381. The maximum Gasteiger partial charge on any atom is 0.573 e. The van der Waals surface area contributed by atoms with E-state index in [-0.39, 0.29) is 18.1 Å². The van der Waals surface area contributed by atoms with Crippen LogP contribution in [0.25, 0.3) is 0 Å². The first-order chi connectivity index (χ1) is 13.7. The van der Waals surface area contributed by atoms with Crippen LogP contribution in [0.5, 0.6) is 5.75 Å². The number of nitrogens with zero attached hydrogens (tertiary/aromatic N) is 1. The zero-order valence-corrected chi connectivity index (χ0v) is 16.3. The largest absolute Gasteiger partial charge is 0.573 e. The SMILES string of the molecule is O=C(CCc1ccc(OC(F)(F)F)cc1)N1CCC(O)(c2ccccc2Cl)CC1. The molecule has 1 N–H and O–H groups in total. The summed E-state index contributed by atoms with van der Waals surface area (Å²) in [5.74, 6) is -0.343. The number of aliphatic hydroxyl groups is 1. The summed E-state index contributed by atoms with van der Waals surface area (Å²) in [5, 5.41) is 11.4. The van der Waals surface area contributed by atoms with Gasteiger partial charge >= 0.3 is 6.36 Å². The average Bonchev–Trinajstić information content (AvgIpc) is 2.67. The van der Waals surface area contributed by atoms with E-state index < -0.39 is 12.0 Å².